The lowest BCUT2D eigenvalue weighted by Crippen LogP contribution is -2.33. The van der Waals surface area contributed by atoms with Crippen molar-refractivity contribution < 1.29 is 19.1 Å². The van der Waals surface area contributed by atoms with Gasteiger partial charge in [-0.25, -0.2) is 0 Å². The Morgan fingerprint density at radius 1 is 0.867 bits per heavy atom. The number of anilines is 1. The zero-order valence-electron chi connectivity index (χ0n) is 16.4. The monoisotopic (exact) mass is 424 g/mol. The van der Waals surface area contributed by atoms with E-state index in [2.05, 4.69) is 10.6 Å². The molecule has 0 saturated carbocycles. The Morgan fingerprint density at radius 2 is 1.50 bits per heavy atom. The zero-order chi connectivity index (χ0) is 21.3. The van der Waals surface area contributed by atoms with Gasteiger partial charge in [0.05, 0.1) is 29.4 Å². The Bertz CT molecular complexity index is 1040. The summed E-state index contributed by atoms with van der Waals surface area (Å²) in [5.74, 6) is 0.590. The summed E-state index contributed by atoms with van der Waals surface area (Å²) in [6.45, 7) is 2.07. The van der Waals surface area contributed by atoms with Gasteiger partial charge in [-0.05, 0) is 43.3 Å². The molecule has 0 atom stereocenters. The lowest BCUT2D eigenvalue weighted by atomic mass is 10.2. The van der Waals surface area contributed by atoms with Crippen LogP contribution in [0.3, 0.4) is 0 Å². The van der Waals surface area contributed by atoms with Gasteiger partial charge in [0.15, 0.2) is 5.75 Å². The average molecular weight is 425 g/mol. The minimum Gasteiger partial charge on any atom is -0.493 e. The highest BCUT2D eigenvalue weighted by molar-refractivity contribution is 6.32. The second-order valence-corrected chi connectivity index (χ2v) is 6.60. The third-order valence-corrected chi connectivity index (χ3v) is 4.37. The van der Waals surface area contributed by atoms with Crippen LogP contribution in [0.5, 0.6) is 17.2 Å². The number of carbonyl (C=O) groups excluding carboxylic acids is 2. The summed E-state index contributed by atoms with van der Waals surface area (Å²) in [4.78, 5) is 24.8. The van der Waals surface area contributed by atoms with Crippen LogP contribution in [0.2, 0.25) is 5.02 Å². The Balaban J connectivity index is 1.63. The van der Waals surface area contributed by atoms with E-state index in [0.29, 0.717) is 40.1 Å². The van der Waals surface area contributed by atoms with Crippen molar-refractivity contribution in [2.45, 2.75) is 6.92 Å². The van der Waals surface area contributed by atoms with Gasteiger partial charge < -0.3 is 20.1 Å². The molecule has 3 rings (SSSR count). The average Bonchev–Trinajstić information content (AvgIpc) is 2.75. The molecule has 0 aliphatic heterocycles. The summed E-state index contributed by atoms with van der Waals surface area (Å²) in [7, 11) is 0. The van der Waals surface area contributed by atoms with Gasteiger partial charge in [-0.1, -0.05) is 48.0 Å². The lowest BCUT2D eigenvalue weighted by molar-refractivity contribution is -0.115. The number of hydrogen-bond acceptors (Lipinski definition) is 4. The van der Waals surface area contributed by atoms with E-state index in [1.807, 2.05) is 6.92 Å². The molecule has 0 fully saturated rings. The molecule has 7 heteroatoms. The molecule has 0 aliphatic carbocycles. The van der Waals surface area contributed by atoms with Crippen molar-refractivity contribution in [2.75, 3.05) is 18.5 Å². The summed E-state index contributed by atoms with van der Waals surface area (Å²) < 4.78 is 11.3. The Labute approximate surface area is 179 Å². The quantitative estimate of drug-likeness (QED) is 0.539. The van der Waals surface area contributed by atoms with Crippen molar-refractivity contribution in [2.24, 2.45) is 0 Å². The Hall–Kier alpha value is -3.51. The first-order valence-corrected chi connectivity index (χ1v) is 9.77. The number of benzene rings is 3. The zero-order valence-corrected chi connectivity index (χ0v) is 17.1. The topological polar surface area (TPSA) is 76.7 Å². The molecule has 0 saturated heterocycles. The van der Waals surface area contributed by atoms with E-state index in [1.54, 1.807) is 72.8 Å². The molecule has 6 nitrogen and oxygen atoms in total. The molecule has 3 aromatic rings. The standard InChI is InChI=1S/C23H21ClN2O4/c1-2-29-19-12-6-3-9-16(19)23(28)25-15-22(27)26-18-11-5-8-14-21(18)30-20-13-7-4-10-17(20)24/h3-14H,2,15H2,1H3,(H,25,28)(H,26,27). The smallest absolute Gasteiger partial charge is 0.255 e. The van der Waals surface area contributed by atoms with Gasteiger partial charge in [0.25, 0.3) is 5.91 Å². The normalized spacial score (nSPS) is 10.2. The van der Waals surface area contributed by atoms with Crippen LogP contribution in [0.15, 0.2) is 72.8 Å². The van der Waals surface area contributed by atoms with Crippen molar-refractivity contribution in [1.82, 2.24) is 5.32 Å². The van der Waals surface area contributed by atoms with Crippen molar-refractivity contribution in [1.29, 1.82) is 0 Å². The van der Waals surface area contributed by atoms with Gasteiger partial charge in [-0.2, -0.15) is 0 Å². The third kappa shape index (κ3) is 5.52. The molecular formula is C23H21ClN2O4. The number of rotatable bonds is 8. The van der Waals surface area contributed by atoms with E-state index in [9.17, 15) is 9.59 Å². The lowest BCUT2D eigenvalue weighted by Gasteiger charge is -2.14. The highest BCUT2D eigenvalue weighted by Crippen LogP contribution is 2.33. The van der Waals surface area contributed by atoms with Crippen LogP contribution >= 0.6 is 11.6 Å². The summed E-state index contributed by atoms with van der Waals surface area (Å²) in [6, 6.07) is 20.9. The van der Waals surface area contributed by atoms with Crippen LogP contribution in [0.25, 0.3) is 0 Å². The number of nitrogens with one attached hydrogen (secondary N) is 2. The minimum absolute atomic E-state index is 0.209. The minimum atomic E-state index is -0.396. The number of carbonyl (C=O) groups is 2. The van der Waals surface area contributed by atoms with Gasteiger partial charge in [-0.3, -0.25) is 9.59 Å². The molecule has 154 valence electrons. The van der Waals surface area contributed by atoms with Crippen molar-refractivity contribution in [3.63, 3.8) is 0 Å². The van der Waals surface area contributed by atoms with Gasteiger partial charge >= 0.3 is 0 Å². The number of para-hydroxylation sites is 4. The summed E-state index contributed by atoms with van der Waals surface area (Å²) >= 11 is 6.14. The Morgan fingerprint density at radius 3 is 2.23 bits per heavy atom. The molecular weight excluding hydrogens is 404 g/mol. The number of amides is 2. The maximum atomic E-state index is 12.4. The van der Waals surface area contributed by atoms with E-state index in [0.717, 1.165) is 0 Å². The number of hydrogen-bond donors (Lipinski definition) is 2. The SMILES string of the molecule is CCOc1ccccc1C(=O)NCC(=O)Nc1ccccc1Oc1ccccc1Cl. The first-order chi connectivity index (χ1) is 14.6. The van der Waals surface area contributed by atoms with E-state index >= 15 is 0 Å². The first-order valence-electron chi connectivity index (χ1n) is 9.39. The molecule has 2 amide bonds. The molecule has 3 aromatic carbocycles. The van der Waals surface area contributed by atoms with Crippen LogP contribution in [0.1, 0.15) is 17.3 Å². The Kier molecular flexibility index (Phi) is 7.29. The largest absolute Gasteiger partial charge is 0.493 e. The summed E-state index contributed by atoms with van der Waals surface area (Å²) in [5, 5.41) is 5.80. The summed E-state index contributed by atoms with van der Waals surface area (Å²) in [5.41, 5.74) is 0.834. The molecule has 0 radical (unpaired) electrons. The highest BCUT2D eigenvalue weighted by atomic mass is 35.5. The molecule has 0 aliphatic rings. The van der Waals surface area contributed by atoms with Crippen molar-refractivity contribution in [3.8, 4) is 17.2 Å². The summed E-state index contributed by atoms with van der Waals surface area (Å²) in [6.07, 6.45) is 0. The number of ether oxygens (including phenoxy) is 2. The first kappa shape index (κ1) is 21.2. The molecule has 0 heterocycles. The molecule has 0 spiro atoms. The van der Waals surface area contributed by atoms with Crippen LogP contribution in [-0.2, 0) is 4.79 Å². The second-order valence-electron chi connectivity index (χ2n) is 6.19. The van der Waals surface area contributed by atoms with E-state index < -0.39 is 11.8 Å². The predicted molar refractivity (Wildman–Crippen MR) is 117 cm³/mol. The van der Waals surface area contributed by atoms with Crippen molar-refractivity contribution >= 4 is 29.1 Å². The van der Waals surface area contributed by atoms with Crippen molar-refractivity contribution in [3.05, 3.63) is 83.4 Å². The molecule has 30 heavy (non-hydrogen) atoms. The van der Waals surface area contributed by atoms with Gasteiger partial charge in [0, 0.05) is 0 Å². The molecule has 0 aromatic heterocycles. The van der Waals surface area contributed by atoms with Crippen LogP contribution in [0.4, 0.5) is 5.69 Å². The predicted octanol–water partition coefficient (Wildman–Crippen LogP) is 4.90. The second kappa shape index (κ2) is 10.3. The molecule has 2 N–H and O–H groups in total. The van der Waals surface area contributed by atoms with Crippen LogP contribution in [0, 0.1) is 0 Å². The van der Waals surface area contributed by atoms with E-state index in [4.69, 9.17) is 21.1 Å². The fourth-order valence-corrected chi connectivity index (χ4v) is 2.86. The van der Waals surface area contributed by atoms with Gasteiger partial charge in [0.1, 0.15) is 11.5 Å². The van der Waals surface area contributed by atoms with Gasteiger partial charge in [-0.15, -0.1) is 0 Å². The maximum absolute atomic E-state index is 12.4. The maximum Gasteiger partial charge on any atom is 0.255 e. The molecule has 0 unspecified atom stereocenters. The van der Waals surface area contributed by atoms with Crippen LogP contribution < -0.4 is 20.1 Å². The fourth-order valence-electron chi connectivity index (χ4n) is 2.69. The molecule has 0 bridgehead atoms. The van der Waals surface area contributed by atoms with E-state index in [-0.39, 0.29) is 6.54 Å². The van der Waals surface area contributed by atoms with Crippen LogP contribution in [-0.4, -0.2) is 25.0 Å². The van der Waals surface area contributed by atoms with Gasteiger partial charge in [0.2, 0.25) is 5.91 Å². The number of halogens is 1. The highest BCUT2D eigenvalue weighted by Gasteiger charge is 2.14. The van der Waals surface area contributed by atoms with E-state index in [1.165, 1.54) is 0 Å². The third-order valence-electron chi connectivity index (χ3n) is 4.06. The fraction of sp³-hybridized carbons (Fsp3) is 0.130.